The number of nitrogens with zero attached hydrogens (tertiary/aromatic N) is 1. The molecule has 0 saturated carbocycles. The van der Waals surface area contributed by atoms with Crippen molar-refractivity contribution < 1.29 is 4.74 Å². The number of rotatable bonds is 6. The van der Waals surface area contributed by atoms with E-state index in [0.717, 1.165) is 21.5 Å². The predicted molar refractivity (Wildman–Crippen MR) is 87.5 cm³/mol. The Morgan fingerprint density at radius 3 is 2.75 bits per heavy atom. The van der Waals surface area contributed by atoms with Gasteiger partial charge in [-0.15, -0.1) is 0 Å². The molecule has 4 heteroatoms. The van der Waals surface area contributed by atoms with Crippen molar-refractivity contribution in [2.75, 3.05) is 12.0 Å². The number of anilines is 1. The second kappa shape index (κ2) is 7.50. The van der Waals surface area contributed by atoms with E-state index in [-0.39, 0.29) is 0 Å². The molecule has 0 aliphatic heterocycles. The molecule has 3 nitrogen and oxygen atoms in total. The van der Waals surface area contributed by atoms with Crippen LogP contribution in [0.5, 0.6) is 5.75 Å². The Morgan fingerprint density at radius 2 is 2.00 bits per heavy atom. The van der Waals surface area contributed by atoms with Gasteiger partial charge in [0.2, 0.25) is 0 Å². The summed E-state index contributed by atoms with van der Waals surface area (Å²) in [6.07, 6.45) is 3.45. The van der Waals surface area contributed by atoms with Crippen molar-refractivity contribution in [3.05, 3.63) is 71.2 Å². The molecule has 2 rings (SSSR count). The van der Waals surface area contributed by atoms with Crippen molar-refractivity contribution in [3.63, 3.8) is 0 Å². The second-order valence-corrected chi connectivity index (χ2v) is 4.93. The van der Waals surface area contributed by atoms with E-state index in [1.165, 1.54) is 0 Å². The predicted octanol–water partition coefficient (Wildman–Crippen LogP) is 4.46. The topological polar surface area (TPSA) is 33.6 Å². The molecule has 0 fully saturated rings. The van der Waals surface area contributed by atoms with Crippen molar-refractivity contribution >= 4 is 27.8 Å². The van der Waals surface area contributed by atoms with Crippen molar-refractivity contribution in [2.45, 2.75) is 0 Å². The molecule has 0 amide bonds. The van der Waals surface area contributed by atoms with Gasteiger partial charge in [0.15, 0.2) is 0 Å². The summed E-state index contributed by atoms with van der Waals surface area (Å²) >= 11 is 3.44. The maximum absolute atomic E-state index is 5.59. The zero-order valence-electron chi connectivity index (χ0n) is 10.9. The molecule has 0 bridgehead atoms. The number of hydrogen-bond donors (Lipinski definition) is 1. The highest BCUT2D eigenvalue weighted by atomic mass is 79.9. The molecule has 0 atom stereocenters. The van der Waals surface area contributed by atoms with Crippen LogP contribution in [0.2, 0.25) is 0 Å². The van der Waals surface area contributed by atoms with Crippen LogP contribution >= 0.6 is 15.9 Å². The number of benzene rings is 2. The molecule has 0 heterocycles. The molecule has 2 aromatic rings. The largest absolute Gasteiger partial charge is 0.489 e. The van der Waals surface area contributed by atoms with Gasteiger partial charge in [0.25, 0.3) is 0 Å². The number of halogens is 1. The van der Waals surface area contributed by atoms with E-state index < -0.39 is 0 Å². The average Bonchev–Trinajstić information content (AvgIpc) is 2.47. The van der Waals surface area contributed by atoms with E-state index >= 15 is 0 Å². The van der Waals surface area contributed by atoms with Gasteiger partial charge in [-0.1, -0.05) is 46.8 Å². The summed E-state index contributed by atoms with van der Waals surface area (Å²) in [4.78, 5) is 0. The second-order valence-electron chi connectivity index (χ2n) is 4.02. The Kier molecular flexibility index (Phi) is 5.38. The van der Waals surface area contributed by atoms with Crippen LogP contribution < -0.4 is 10.2 Å². The van der Waals surface area contributed by atoms with Crippen molar-refractivity contribution in [1.82, 2.24) is 0 Å². The fourth-order valence-electron chi connectivity index (χ4n) is 1.59. The molecule has 1 N–H and O–H groups in total. The first-order chi connectivity index (χ1) is 9.79. The minimum absolute atomic E-state index is 0.467. The summed E-state index contributed by atoms with van der Waals surface area (Å²) < 4.78 is 6.56. The van der Waals surface area contributed by atoms with E-state index in [1.54, 1.807) is 12.3 Å². The van der Waals surface area contributed by atoms with E-state index in [2.05, 4.69) is 33.0 Å². The zero-order valence-corrected chi connectivity index (χ0v) is 12.5. The van der Waals surface area contributed by atoms with Crippen LogP contribution in [0.15, 0.2) is 70.8 Å². The van der Waals surface area contributed by atoms with Gasteiger partial charge in [-0.05, 0) is 30.3 Å². The van der Waals surface area contributed by atoms with Gasteiger partial charge in [0, 0.05) is 10.0 Å². The highest BCUT2D eigenvalue weighted by Crippen LogP contribution is 2.22. The van der Waals surface area contributed by atoms with Crippen LogP contribution in [0.4, 0.5) is 5.69 Å². The van der Waals surface area contributed by atoms with E-state index in [0.29, 0.717) is 6.61 Å². The van der Waals surface area contributed by atoms with E-state index in [9.17, 15) is 0 Å². The van der Waals surface area contributed by atoms with Crippen LogP contribution in [0.25, 0.3) is 0 Å². The third kappa shape index (κ3) is 4.24. The minimum Gasteiger partial charge on any atom is -0.489 e. The summed E-state index contributed by atoms with van der Waals surface area (Å²) in [5.74, 6) is 0.770. The summed E-state index contributed by atoms with van der Waals surface area (Å²) in [6.45, 7) is 4.11. The number of ether oxygens (including phenoxy) is 1. The van der Waals surface area contributed by atoms with Gasteiger partial charge in [0.05, 0.1) is 11.9 Å². The Bertz CT molecular complexity index is 597. The first-order valence-corrected chi connectivity index (χ1v) is 6.96. The van der Waals surface area contributed by atoms with Gasteiger partial charge in [-0.2, -0.15) is 5.10 Å². The summed E-state index contributed by atoms with van der Waals surface area (Å²) in [5, 5.41) is 4.22. The fourth-order valence-corrected chi connectivity index (χ4v) is 1.97. The molecule has 0 saturated heterocycles. The standard InChI is InChI=1S/C16H15BrN2O/c1-2-10-20-16-9-8-14(17)11-13(16)12-18-19-15-6-4-3-5-7-15/h2-9,11-12,19H,1,10H2/b18-12-. The highest BCUT2D eigenvalue weighted by molar-refractivity contribution is 9.10. The molecular formula is C16H15BrN2O. The number of nitrogens with one attached hydrogen (secondary N) is 1. The van der Waals surface area contributed by atoms with Crippen LogP contribution in [0.1, 0.15) is 5.56 Å². The number of para-hydroxylation sites is 1. The smallest absolute Gasteiger partial charge is 0.128 e. The lowest BCUT2D eigenvalue weighted by atomic mass is 10.2. The Morgan fingerprint density at radius 1 is 1.20 bits per heavy atom. The van der Waals surface area contributed by atoms with Crippen molar-refractivity contribution in [3.8, 4) is 5.75 Å². The minimum atomic E-state index is 0.467. The third-order valence-electron chi connectivity index (χ3n) is 2.50. The van der Waals surface area contributed by atoms with Gasteiger partial charge in [-0.25, -0.2) is 0 Å². The van der Waals surface area contributed by atoms with Gasteiger partial charge < -0.3 is 4.74 Å². The van der Waals surface area contributed by atoms with Gasteiger partial charge >= 0.3 is 0 Å². The summed E-state index contributed by atoms with van der Waals surface area (Å²) in [6, 6.07) is 15.6. The summed E-state index contributed by atoms with van der Waals surface area (Å²) in [5.41, 5.74) is 4.80. The lowest BCUT2D eigenvalue weighted by Crippen LogP contribution is -1.98. The number of hydrogen-bond acceptors (Lipinski definition) is 3. The maximum atomic E-state index is 5.59. The molecule has 0 aliphatic carbocycles. The van der Waals surface area contributed by atoms with Gasteiger partial charge in [0.1, 0.15) is 12.4 Å². The lowest BCUT2D eigenvalue weighted by Gasteiger charge is -2.07. The molecule has 0 spiro atoms. The molecule has 0 aliphatic rings. The SMILES string of the molecule is C=CCOc1ccc(Br)cc1/C=N\Nc1ccccc1. The molecule has 20 heavy (non-hydrogen) atoms. The fraction of sp³-hybridized carbons (Fsp3) is 0.0625. The van der Waals surface area contributed by atoms with Gasteiger partial charge in [-0.3, -0.25) is 5.43 Å². The molecule has 0 unspecified atom stereocenters. The van der Waals surface area contributed by atoms with Crippen LogP contribution in [0.3, 0.4) is 0 Å². The Labute approximate surface area is 127 Å². The van der Waals surface area contributed by atoms with Crippen molar-refractivity contribution in [1.29, 1.82) is 0 Å². The quantitative estimate of drug-likeness (QED) is 0.482. The van der Waals surface area contributed by atoms with Crippen LogP contribution in [-0.4, -0.2) is 12.8 Å². The maximum Gasteiger partial charge on any atom is 0.128 e. The first-order valence-electron chi connectivity index (χ1n) is 6.17. The first kappa shape index (κ1) is 14.3. The molecular weight excluding hydrogens is 316 g/mol. The van der Waals surface area contributed by atoms with E-state index in [4.69, 9.17) is 4.74 Å². The number of hydrazone groups is 1. The van der Waals surface area contributed by atoms with Crippen molar-refractivity contribution in [2.24, 2.45) is 5.10 Å². The Hall–Kier alpha value is -2.07. The molecule has 102 valence electrons. The zero-order chi connectivity index (χ0) is 14.2. The lowest BCUT2D eigenvalue weighted by molar-refractivity contribution is 0.362. The highest BCUT2D eigenvalue weighted by Gasteiger charge is 2.01. The van der Waals surface area contributed by atoms with E-state index in [1.807, 2.05) is 48.5 Å². The monoisotopic (exact) mass is 330 g/mol. The normalized spacial score (nSPS) is 10.4. The van der Waals surface area contributed by atoms with Crippen LogP contribution in [0, 0.1) is 0 Å². The third-order valence-corrected chi connectivity index (χ3v) is 2.99. The molecule has 2 aromatic carbocycles. The van der Waals surface area contributed by atoms with Crippen LogP contribution in [-0.2, 0) is 0 Å². The molecule has 0 radical (unpaired) electrons. The summed E-state index contributed by atoms with van der Waals surface area (Å²) in [7, 11) is 0. The average molecular weight is 331 g/mol. The molecule has 0 aromatic heterocycles. The Balaban J connectivity index is 2.10.